The van der Waals surface area contributed by atoms with Crippen LogP contribution in [0.3, 0.4) is 0 Å². The van der Waals surface area contributed by atoms with Gasteiger partial charge < -0.3 is 14.2 Å². The third-order valence-electron chi connectivity index (χ3n) is 12.2. The van der Waals surface area contributed by atoms with Crippen molar-refractivity contribution in [3.63, 3.8) is 0 Å². The minimum atomic E-state index is -0.760. The number of carbonyl (C=O) groups is 3. The van der Waals surface area contributed by atoms with Crippen LogP contribution in [0.4, 0.5) is 0 Å². The number of hydrogen-bond donors (Lipinski definition) is 0. The first-order valence-electron chi connectivity index (χ1n) is 25.3. The Morgan fingerprint density at radius 3 is 0.912 bits per heavy atom. The molecule has 6 nitrogen and oxygen atoms in total. The van der Waals surface area contributed by atoms with Crippen molar-refractivity contribution in [2.45, 2.75) is 285 Å². The highest BCUT2D eigenvalue weighted by atomic mass is 16.6. The monoisotopic (exact) mass is 807 g/mol. The SMILES string of the molecule is CCCCCCCCCC(=O)OC[C@H](COC(=O)CCCCCCCCCCCCC(C)CC)OC(=O)CCCCCCCCCCCCCCCCC(C)CC. The van der Waals surface area contributed by atoms with Crippen LogP contribution in [0.2, 0.25) is 0 Å². The summed E-state index contributed by atoms with van der Waals surface area (Å²) in [6.45, 7) is 11.4. The van der Waals surface area contributed by atoms with Gasteiger partial charge in [-0.05, 0) is 31.1 Å². The fraction of sp³-hybridized carbons (Fsp3) is 0.941. The van der Waals surface area contributed by atoms with Gasteiger partial charge in [0.25, 0.3) is 0 Å². The van der Waals surface area contributed by atoms with Crippen molar-refractivity contribution in [3.05, 3.63) is 0 Å². The van der Waals surface area contributed by atoms with Gasteiger partial charge in [-0.1, -0.05) is 240 Å². The maximum Gasteiger partial charge on any atom is 0.306 e. The summed E-state index contributed by atoms with van der Waals surface area (Å²) in [5, 5.41) is 0. The molecule has 0 aromatic rings. The molecule has 0 spiro atoms. The zero-order chi connectivity index (χ0) is 41.9. The molecule has 338 valence electrons. The van der Waals surface area contributed by atoms with E-state index in [-0.39, 0.29) is 31.1 Å². The molecule has 0 aromatic carbocycles. The standard InChI is InChI=1S/C51H98O6/c1-6-9-10-11-24-31-36-41-49(52)55-44-48(45-56-50(53)42-37-32-27-22-19-18-21-26-30-35-40-47(5)8-3)57-51(54)43-38-33-28-23-17-15-13-12-14-16-20-25-29-34-39-46(4)7-2/h46-48H,6-45H2,1-5H3/t46?,47?,48-/m1/s1. The average molecular weight is 807 g/mol. The summed E-state index contributed by atoms with van der Waals surface area (Å²) in [6.07, 6.45) is 43.7. The minimum absolute atomic E-state index is 0.0645. The van der Waals surface area contributed by atoms with E-state index in [1.54, 1.807) is 0 Å². The Morgan fingerprint density at radius 2 is 0.614 bits per heavy atom. The van der Waals surface area contributed by atoms with Crippen LogP contribution >= 0.6 is 0 Å². The van der Waals surface area contributed by atoms with E-state index in [9.17, 15) is 14.4 Å². The van der Waals surface area contributed by atoms with Crippen molar-refractivity contribution in [2.75, 3.05) is 13.2 Å². The summed E-state index contributed by atoms with van der Waals surface area (Å²) in [4.78, 5) is 37.7. The maximum absolute atomic E-state index is 12.8. The molecule has 0 saturated heterocycles. The van der Waals surface area contributed by atoms with Crippen molar-refractivity contribution < 1.29 is 28.6 Å². The van der Waals surface area contributed by atoms with Crippen LogP contribution in [0.5, 0.6) is 0 Å². The van der Waals surface area contributed by atoms with E-state index in [0.29, 0.717) is 19.3 Å². The van der Waals surface area contributed by atoms with Gasteiger partial charge in [-0.25, -0.2) is 0 Å². The third kappa shape index (κ3) is 42.3. The van der Waals surface area contributed by atoms with Gasteiger partial charge in [-0.15, -0.1) is 0 Å². The molecule has 0 aliphatic heterocycles. The Morgan fingerprint density at radius 1 is 0.351 bits per heavy atom. The lowest BCUT2D eigenvalue weighted by Gasteiger charge is -2.18. The summed E-state index contributed by atoms with van der Waals surface area (Å²) < 4.78 is 16.7. The Labute approximate surface area is 355 Å². The molecule has 0 N–H and O–H groups in total. The molecule has 0 radical (unpaired) electrons. The normalized spacial score (nSPS) is 13.0. The van der Waals surface area contributed by atoms with Crippen molar-refractivity contribution in [1.29, 1.82) is 0 Å². The van der Waals surface area contributed by atoms with Crippen LogP contribution in [-0.4, -0.2) is 37.2 Å². The lowest BCUT2D eigenvalue weighted by atomic mass is 9.99. The molecule has 0 rings (SSSR count). The molecule has 6 heteroatoms. The van der Waals surface area contributed by atoms with Crippen LogP contribution in [0.15, 0.2) is 0 Å². The van der Waals surface area contributed by atoms with Crippen LogP contribution in [0.25, 0.3) is 0 Å². The zero-order valence-electron chi connectivity index (χ0n) is 39.0. The number of carbonyl (C=O) groups excluding carboxylic acids is 3. The lowest BCUT2D eigenvalue weighted by Crippen LogP contribution is -2.30. The highest BCUT2D eigenvalue weighted by Crippen LogP contribution is 2.18. The lowest BCUT2D eigenvalue weighted by molar-refractivity contribution is -0.167. The largest absolute Gasteiger partial charge is 0.462 e. The molecule has 57 heavy (non-hydrogen) atoms. The Bertz CT molecular complexity index is 874. The first-order valence-corrected chi connectivity index (χ1v) is 25.3. The molecule has 3 atom stereocenters. The molecule has 2 unspecified atom stereocenters. The summed E-state index contributed by atoms with van der Waals surface area (Å²) >= 11 is 0. The average Bonchev–Trinajstić information content (AvgIpc) is 3.21. The second-order valence-corrected chi connectivity index (χ2v) is 17.9. The van der Waals surface area contributed by atoms with Crippen LogP contribution in [0, 0.1) is 11.8 Å². The number of esters is 3. The van der Waals surface area contributed by atoms with Crippen LogP contribution in [0.1, 0.15) is 279 Å². The highest BCUT2D eigenvalue weighted by Gasteiger charge is 2.19. The zero-order valence-corrected chi connectivity index (χ0v) is 39.0. The molecule has 0 amide bonds. The predicted octanol–water partition coefficient (Wildman–Crippen LogP) is 16.1. The Kier molecular flexibility index (Phi) is 42.7. The predicted molar refractivity (Wildman–Crippen MR) is 243 cm³/mol. The molecule has 0 aliphatic rings. The molecule has 0 aromatic heterocycles. The van der Waals surface area contributed by atoms with Crippen LogP contribution < -0.4 is 0 Å². The fourth-order valence-corrected chi connectivity index (χ4v) is 7.57. The van der Waals surface area contributed by atoms with Gasteiger partial charge in [-0.2, -0.15) is 0 Å². The van der Waals surface area contributed by atoms with Gasteiger partial charge >= 0.3 is 17.9 Å². The van der Waals surface area contributed by atoms with Crippen molar-refractivity contribution in [2.24, 2.45) is 11.8 Å². The van der Waals surface area contributed by atoms with Gasteiger partial charge in [-0.3, -0.25) is 14.4 Å². The van der Waals surface area contributed by atoms with Crippen molar-refractivity contribution >= 4 is 17.9 Å². The van der Waals surface area contributed by atoms with Gasteiger partial charge in [0.05, 0.1) is 0 Å². The van der Waals surface area contributed by atoms with E-state index in [0.717, 1.165) is 69.6 Å². The summed E-state index contributed by atoms with van der Waals surface area (Å²) in [5.74, 6) is 0.908. The smallest absolute Gasteiger partial charge is 0.306 e. The van der Waals surface area contributed by atoms with E-state index in [1.165, 1.54) is 167 Å². The van der Waals surface area contributed by atoms with E-state index in [1.807, 2.05) is 0 Å². The second-order valence-electron chi connectivity index (χ2n) is 17.9. The molecule has 0 heterocycles. The summed E-state index contributed by atoms with van der Waals surface area (Å²) in [5.41, 5.74) is 0. The molecule has 0 fully saturated rings. The minimum Gasteiger partial charge on any atom is -0.462 e. The number of hydrogen-bond acceptors (Lipinski definition) is 6. The first-order chi connectivity index (χ1) is 27.8. The van der Waals surface area contributed by atoms with Gasteiger partial charge in [0.15, 0.2) is 6.10 Å². The van der Waals surface area contributed by atoms with Crippen molar-refractivity contribution in [3.8, 4) is 0 Å². The van der Waals surface area contributed by atoms with Crippen molar-refractivity contribution in [1.82, 2.24) is 0 Å². The first kappa shape index (κ1) is 55.4. The highest BCUT2D eigenvalue weighted by molar-refractivity contribution is 5.71. The topological polar surface area (TPSA) is 78.9 Å². The number of ether oxygens (including phenoxy) is 3. The van der Waals surface area contributed by atoms with E-state index in [4.69, 9.17) is 14.2 Å². The summed E-state index contributed by atoms with van der Waals surface area (Å²) in [7, 11) is 0. The van der Waals surface area contributed by atoms with E-state index < -0.39 is 6.10 Å². The fourth-order valence-electron chi connectivity index (χ4n) is 7.57. The number of rotatable bonds is 45. The summed E-state index contributed by atoms with van der Waals surface area (Å²) in [6, 6.07) is 0. The Hall–Kier alpha value is -1.59. The molecule has 0 bridgehead atoms. The quantitative estimate of drug-likeness (QED) is 0.0346. The van der Waals surface area contributed by atoms with Gasteiger partial charge in [0, 0.05) is 19.3 Å². The van der Waals surface area contributed by atoms with Crippen LogP contribution in [-0.2, 0) is 28.6 Å². The molecular formula is C51H98O6. The molecule has 0 aliphatic carbocycles. The molecular weight excluding hydrogens is 709 g/mol. The Balaban J connectivity index is 4.22. The van der Waals surface area contributed by atoms with Gasteiger partial charge in [0.1, 0.15) is 13.2 Å². The number of unbranched alkanes of at least 4 members (excludes halogenated alkanes) is 28. The van der Waals surface area contributed by atoms with E-state index in [2.05, 4.69) is 34.6 Å². The molecule has 0 saturated carbocycles. The maximum atomic E-state index is 12.8. The second kappa shape index (κ2) is 44.0. The van der Waals surface area contributed by atoms with E-state index >= 15 is 0 Å². The van der Waals surface area contributed by atoms with Gasteiger partial charge in [0.2, 0.25) is 0 Å². The third-order valence-corrected chi connectivity index (χ3v) is 12.2.